The molecule has 1 rings (SSSR count). The maximum atomic E-state index is 12.1. The van der Waals surface area contributed by atoms with Crippen LogP contribution in [0.4, 0.5) is 0 Å². The van der Waals surface area contributed by atoms with Crippen LogP contribution in [-0.4, -0.2) is 28.6 Å². The molecule has 0 aliphatic carbocycles. The van der Waals surface area contributed by atoms with Crippen LogP contribution >= 0.6 is 11.6 Å². The highest BCUT2D eigenvalue weighted by Gasteiger charge is 2.37. The van der Waals surface area contributed by atoms with E-state index in [2.05, 4.69) is 5.32 Å². The summed E-state index contributed by atoms with van der Waals surface area (Å²) in [6.07, 6.45) is -0.195. The molecule has 0 saturated heterocycles. The number of halogens is 1. The summed E-state index contributed by atoms with van der Waals surface area (Å²) in [6, 6.07) is 6.61. The highest BCUT2D eigenvalue weighted by atomic mass is 35.5. The number of carboxylic acid groups (broad SMARTS) is 1. The van der Waals surface area contributed by atoms with E-state index < -0.39 is 23.5 Å². The molecule has 1 atom stereocenters. The molecule has 1 aromatic rings. The fourth-order valence-corrected chi connectivity index (χ4v) is 2.02. The number of carbonyl (C=O) groups excluding carboxylic acids is 1. The van der Waals surface area contributed by atoms with Crippen LogP contribution < -0.4 is 10.1 Å². The molecule has 0 aliphatic heterocycles. The first kappa shape index (κ1) is 17.3. The molecule has 2 N–H and O–H groups in total. The van der Waals surface area contributed by atoms with Crippen molar-refractivity contribution in [1.29, 1.82) is 0 Å². The largest absolute Gasteiger partial charge is 0.481 e. The van der Waals surface area contributed by atoms with E-state index in [1.807, 2.05) is 0 Å². The summed E-state index contributed by atoms with van der Waals surface area (Å²) in [5.74, 6) is -1.01. The van der Waals surface area contributed by atoms with Gasteiger partial charge in [-0.05, 0) is 44.0 Å². The van der Waals surface area contributed by atoms with Crippen molar-refractivity contribution in [2.24, 2.45) is 0 Å². The third-order valence-electron chi connectivity index (χ3n) is 3.47. The fraction of sp³-hybridized carbons (Fsp3) is 0.467. The van der Waals surface area contributed by atoms with Crippen LogP contribution in [0.25, 0.3) is 0 Å². The van der Waals surface area contributed by atoms with Gasteiger partial charge in [0.05, 0.1) is 0 Å². The molecule has 1 aromatic carbocycles. The number of hydrogen-bond acceptors (Lipinski definition) is 3. The van der Waals surface area contributed by atoms with Gasteiger partial charge in [-0.15, -0.1) is 0 Å². The number of carboxylic acids is 1. The Kier molecular flexibility index (Phi) is 6.03. The van der Waals surface area contributed by atoms with Crippen molar-refractivity contribution in [3.8, 4) is 5.75 Å². The highest BCUT2D eigenvalue weighted by Crippen LogP contribution is 2.19. The molecule has 0 aliphatic rings. The SMILES string of the molecule is CCC(CC)(NC(=O)C(C)Oc1ccc(Cl)cc1)C(=O)O. The summed E-state index contributed by atoms with van der Waals surface area (Å²) in [4.78, 5) is 23.5. The van der Waals surface area contributed by atoms with Crippen LogP contribution in [0.2, 0.25) is 5.02 Å². The van der Waals surface area contributed by atoms with Gasteiger partial charge >= 0.3 is 5.97 Å². The number of nitrogens with one attached hydrogen (secondary N) is 1. The molecule has 1 unspecified atom stereocenters. The molecule has 0 bridgehead atoms. The van der Waals surface area contributed by atoms with Crippen molar-refractivity contribution < 1.29 is 19.4 Å². The smallest absolute Gasteiger partial charge is 0.329 e. The first-order valence-electron chi connectivity index (χ1n) is 6.82. The number of hydrogen-bond donors (Lipinski definition) is 2. The van der Waals surface area contributed by atoms with Gasteiger partial charge in [0.25, 0.3) is 5.91 Å². The molecule has 0 fully saturated rings. The number of carbonyl (C=O) groups is 2. The summed E-state index contributed by atoms with van der Waals surface area (Å²) in [6.45, 7) is 5.02. The van der Waals surface area contributed by atoms with Crippen LogP contribution in [0.5, 0.6) is 5.75 Å². The van der Waals surface area contributed by atoms with Gasteiger partial charge in [0.1, 0.15) is 11.3 Å². The number of ether oxygens (including phenoxy) is 1. The van der Waals surface area contributed by atoms with Crippen molar-refractivity contribution >= 4 is 23.5 Å². The van der Waals surface area contributed by atoms with Crippen LogP contribution in [0.15, 0.2) is 24.3 Å². The lowest BCUT2D eigenvalue weighted by molar-refractivity contribution is -0.149. The lowest BCUT2D eigenvalue weighted by atomic mass is 9.92. The molecule has 116 valence electrons. The average molecular weight is 314 g/mol. The van der Waals surface area contributed by atoms with Crippen molar-refractivity contribution in [1.82, 2.24) is 5.32 Å². The van der Waals surface area contributed by atoms with E-state index in [4.69, 9.17) is 16.3 Å². The Hall–Kier alpha value is -1.75. The van der Waals surface area contributed by atoms with Crippen LogP contribution in [0.1, 0.15) is 33.6 Å². The van der Waals surface area contributed by atoms with Gasteiger partial charge < -0.3 is 15.2 Å². The first-order chi connectivity index (χ1) is 9.84. The van der Waals surface area contributed by atoms with E-state index in [0.29, 0.717) is 23.6 Å². The molecule has 6 heteroatoms. The average Bonchev–Trinajstić information content (AvgIpc) is 2.46. The Morgan fingerprint density at radius 2 is 1.81 bits per heavy atom. The molecule has 0 heterocycles. The maximum Gasteiger partial charge on any atom is 0.329 e. The van der Waals surface area contributed by atoms with Gasteiger partial charge in [-0.1, -0.05) is 25.4 Å². The van der Waals surface area contributed by atoms with Crippen LogP contribution in [0.3, 0.4) is 0 Å². The summed E-state index contributed by atoms with van der Waals surface area (Å²) >= 11 is 5.77. The summed E-state index contributed by atoms with van der Waals surface area (Å²) in [7, 11) is 0. The molecule has 0 aromatic heterocycles. The Morgan fingerprint density at radius 3 is 2.24 bits per heavy atom. The minimum absolute atomic E-state index is 0.304. The predicted molar refractivity (Wildman–Crippen MR) is 80.6 cm³/mol. The van der Waals surface area contributed by atoms with Gasteiger partial charge in [-0.25, -0.2) is 4.79 Å². The Balaban J connectivity index is 2.73. The van der Waals surface area contributed by atoms with E-state index in [1.165, 1.54) is 0 Å². The van der Waals surface area contributed by atoms with E-state index in [-0.39, 0.29) is 0 Å². The van der Waals surface area contributed by atoms with Crippen LogP contribution in [0, 0.1) is 0 Å². The topological polar surface area (TPSA) is 75.6 Å². The minimum atomic E-state index is -1.26. The second-order valence-corrected chi connectivity index (χ2v) is 5.23. The normalized spacial score (nSPS) is 12.6. The van der Waals surface area contributed by atoms with Gasteiger partial charge in [-0.3, -0.25) is 4.79 Å². The number of amides is 1. The van der Waals surface area contributed by atoms with Crippen molar-refractivity contribution in [3.05, 3.63) is 29.3 Å². The fourth-order valence-electron chi connectivity index (χ4n) is 1.89. The molecule has 0 saturated carbocycles. The lowest BCUT2D eigenvalue weighted by Gasteiger charge is -2.29. The predicted octanol–water partition coefficient (Wildman–Crippen LogP) is 2.87. The molecule has 0 radical (unpaired) electrons. The number of aliphatic carboxylic acids is 1. The molecule has 0 spiro atoms. The number of benzene rings is 1. The number of rotatable bonds is 7. The monoisotopic (exact) mass is 313 g/mol. The Morgan fingerprint density at radius 1 is 1.29 bits per heavy atom. The highest BCUT2D eigenvalue weighted by molar-refractivity contribution is 6.30. The summed E-state index contributed by atoms with van der Waals surface area (Å²) in [5, 5.41) is 12.4. The zero-order valence-corrected chi connectivity index (χ0v) is 13.1. The van der Waals surface area contributed by atoms with E-state index in [1.54, 1.807) is 45.0 Å². The minimum Gasteiger partial charge on any atom is -0.481 e. The molecule has 21 heavy (non-hydrogen) atoms. The standard InChI is InChI=1S/C15H20ClNO4/c1-4-15(5-2,14(19)20)17-13(18)10(3)21-12-8-6-11(16)7-9-12/h6-10H,4-5H2,1-3H3,(H,17,18)(H,19,20). The quantitative estimate of drug-likeness (QED) is 0.811. The van der Waals surface area contributed by atoms with E-state index in [0.717, 1.165) is 0 Å². The van der Waals surface area contributed by atoms with Gasteiger partial charge in [0.2, 0.25) is 0 Å². The Labute approximate surface area is 129 Å². The van der Waals surface area contributed by atoms with Crippen molar-refractivity contribution in [2.75, 3.05) is 0 Å². The second-order valence-electron chi connectivity index (χ2n) is 4.80. The maximum absolute atomic E-state index is 12.1. The van der Waals surface area contributed by atoms with E-state index >= 15 is 0 Å². The lowest BCUT2D eigenvalue weighted by Crippen LogP contribution is -2.56. The van der Waals surface area contributed by atoms with Gasteiger partial charge in [0.15, 0.2) is 6.10 Å². The first-order valence-corrected chi connectivity index (χ1v) is 7.20. The van der Waals surface area contributed by atoms with Crippen molar-refractivity contribution in [3.63, 3.8) is 0 Å². The van der Waals surface area contributed by atoms with Gasteiger partial charge in [-0.2, -0.15) is 0 Å². The molecule has 5 nitrogen and oxygen atoms in total. The summed E-state index contributed by atoms with van der Waals surface area (Å²) in [5.41, 5.74) is -1.26. The Bertz CT molecular complexity index is 497. The van der Waals surface area contributed by atoms with Gasteiger partial charge in [0, 0.05) is 5.02 Å². The summed E-state index contributed by atoms with van der Waals surface area (Å²) < 4.78 is 5.48. The van der Waals surface area contributed by atoms with E-state index in [9.17, 15) is 14.7 Å². The molecular formula is C15H20ClNO4. The zero-order valence-electron chi connectivity index (χ0n) is 12.4. The third-order valence-corrected chi connectivity index (χ3v) is 3.73. The zero-order chi connectivity index (χ0) is 16.0. The molecule has 1 amide bonds. The second kappa shape index (κ2) is 7.31. The molecular weight excluding hydrogens is 294 g/mol. The van der Waals surface area contributed by atoms with Crippen LogP contribution in [-0.2, 0) is 9.59 Å². The third kappa shape index (κ3) is 4.36. The van der Waals surface area contributed by atoms with Crippen molar-refractivity contribution in [2.45, 2.75) is 45.3 Å².